The largest absolute Gasteiger partial charge is 0.383 e. The van der Waals surface area contributed by atoms with E-state index in [9.17, 15) is 4.79 Å². The first-order valence-electron chi connectivity index (χ1n) is 6.94. The predicted octanol–water partition coefficient (Wildman–Crippen LogP) is 2.12. The van der Waals surface area contributed by atoms with E-state index in [4.69, 9.17) is 16.3 Å². The topological polar surface area (TPSA) is 69.0 Å². The molecular weight excluding hydrogens is 304 g/mol. The van der Waals surface area contributed by atoms with E-state index in [-0.39, 0.29) is 5.91 Å². The van der Waals surface area contributed by atoms with Gasteiger partial charge in [-0.3, -0.25) is 14.5 Å². The third kappa shape index (κ3) is 3.84. The van der Waals surface area contributed by atoms with Gasteiger partial charge in [0, 0.05) is 36.1 Å². The smallest absolute Gasteiger partial charge is 0.270 e. The molecule has 7 heteroatoms. The number of carbonyl (C=O) groups is 1. The number of nitrogens with one attached hydrogen (secondary N) is 1. The first-order chi connectivity index (χ1) is 10.5. The summed E-state index contributed by atoms with van der Waals surface area (Å²) in [5.41, 5.74) is 3.22. The monoisotopic (exact) mass is 322 g/mol. The molecule has 0 radical (unpaired) electrons. The zero-order valence-corrected chi connectivity index (χ0v) is 13.6. The summed E-state index contributed by atoms with van der Waals surface area (Å²) in [5, 5.41) is 7.80. The van der Waals surface area contributed by atoms with Crippen molar-refractivity contribution in [3.63, 3.8) is 0 Å². The maximum Gasteiger partial charge on any atom is 0.270 e. The van der Waals surface area contributed by atoms with E-state index in [1.165, 1.54) is 6.20 Å². The molecule has 2 aromatic heterocycles. The molecule has 0 aromatic carbocycles. The lowest BCUT2D eigenvalue weighted by atomic mass is 10.2. The van der Waals surface area contributed by atoms with Gasteiger partial charge in [0.15, 0.2) is 0 Å². The molecule has 0 saturated carbocycles. The number of nitrogens with zero attached hydrogens (tertiary/aromatic N) is 3. The van der Waals surface area contributed by atoms with Gasteiger partial charge in [0.05, 0.1) is 18.8 Å². The predicted molar refractivity (Wildman–Crippen MR) is 84.0 cm³/mol. The molecule has 118 valence electrons. The van der Waals surface area contributed by atoms with E-state index >= 15 is 0 Å². The third-order valence-electron chi connectivity index (χ3n) is 3.42. The van der Waals surface area contributed by atoms with Crippen molar-refractivity contribution in [3.05, 3.63) is 46.0 Å². The van der Waals surface area contributed by atoms with Crippen molar-refractivity contribution in [2.24, 2.45) is 0 Å². The van der Waals surface area contributed by atoms with E-state index in [1.807, 2.05) is 18.5 Å². The lowest BCUT2D eigenvalue weighted by Gasteiger charge is -2.07. The Kier molecular flexibility index (Phi) is 5.51. The lowest BCUT2D eigenvalue weighted by molar-refractivity contribution is 0.0946. The molecule has 22 heavy (non-hydrogen) atoms. The summed E-state index contributed by atoms with van der Waals surface area (Å²) in [6.07, 6.45) is 1.51. The fraction of sp³-hybridized carbons (Fsp3) is 0.400. The van der Waals surface area contributed by atoms with Crippen molar-refractivity contribution in [3.8, 4) is 0 Å². The van der Waals surface area contributed by atoms with Crippen molar-refractivity contribution in [2.45, 2.75) is 26.9 Å². The van der Waals surface area contributed by atoms with E-state index in [0.717, 1.165) is 17.0 Å². The molecule has 0 aliphatic rings. The molecule has 2 aromatic rings. The molecule has 0 bridgehead atoms. The zero-order valence-electron chi connectivity index (χ0n) is 12.9. The van der Waals surface area contributed by atoms with Crippen LogP contribution in [0.4, 0.5) is 0 Å². The highest BCUT2D eigenvalue weighted by Crippen LogP contribution is 2.13. The Morgan fingerprint density at radius 1 is 1.45 bits per heavy atom. The Bertz CT molecular complexity index is 670. The van der Waals surface area contributed by atoms with E-state index in [0.29, 0.717) is 30.4 Å². The van der Waals surface area contributed by atoms with Gasteiger partial charge < -0.3 is 10.1 Å². The van der Waals surface area contributed by atoms with E-state index < -0.39 is 0 Å². The summed E-state index contributed by atoms with van der Waals surface area (Å²) in [7, 11) is 1.66. The van der Waals surface area contributed by atoms with Crippen molar-refractivity contribution in [2.75, 3.05) is 13.7 Å². The normalized spacial score (nSPS) is 10.7. The number of halogens is 1. The standard InChI is InChI=1S/C15H19ClN4O2/c1-10-13(11(2)20(19-10)6-7-22-3)9-18-15(21)14-8-12(16)4-5-17-14/h4-5,8H,6-7,9H2,1-3H3,(H,18,21). The number of aromatic nitrogens is 3. The summed E-state index contributed by atoms with van der Waals surface area (Å²) in [4.78, 5) is 16.1. The third-order valence-corrected chi connectivity index (χ3v) is 3.65. The Hall–Kier alpha value is -1.92. The molecular formula is C15H19ClN4O2. The molecule has 0 unspecified atom stereocenters. The van der Waals surface area contributed by atoms with Gasteiger partial charge in [-0.2, -0.15) is 5.10 Å². The van der Waals surface area contributed by atoms with Gasteiger partial charge in [0.25, 0.3) is 5.91 Å². The maximum atomic E-state index is 12.1. The van der Waals surface area contributed by atoms with Crippen LogP contribution in [0.3, 0.4) is 0 Å². The van der Waals surface area contributed by atoms with Gasteiger partial charge in [-0.05, 0) is 26.0 Å². The van der Waals surface area contributed by atoms with Crippen molar-refractivity contribution in [1.29, 1.82) is 0 Å². The summed E-state index contributed by atoms with van der Waals surface area (Å²) in [5.74, 6) is -0.258. The molecule has 0 saturated heterocycles. The number of hydrogen-bond donors (Lipinski definition) is 1. The number of amides is 1. The maximum absolute atomic E-state index is 12.1. The Labute approximate surface area is 134 Å². The molecule has 0 fully saturated rings. The number of ether oxygens (including phenoxy) is 1. The van der Waals surface area contributed by atoms with Gasteiger partial charge in [-0.15, -0.1) is 0 Å². The molecule has 1 amide bonds. The molecule has 2 heterocycles. The highest BCUT2D eigenvalue weighted by atomic mass is 35.5. The molecule has 6 nitrogen and oxygen atoms in total. The highest BCUT2D eigenvalue weighted by Gasteiger charge is 2.13. The van der Waals surface area contributed by atoms with Crippen molar-refractivity contribution in [1.82, 2.24) is 20.1 Å². The van der Waals surface area contributed by atoms with Crippen LogP contribution in [0.5, 0.6) is 0 Å². The lowest BCUT2D eigenvalue weighted by Crippen LogP contribution is -2.24. The molecule has 2 rings (SSSR count). The minimum Gasteiger partial charge on any atom is -0.383 e. The van der Waals surface area contributed by atoms with Crippen molar-refractivity contribution < 1.29 is 9.53 Å². The number of methoxy groups -OCH3 is 1. The molecule has 0 aliphatic heterocycles. The minimum atomic E-state index is -0.258. The molecule has 0 atom stereocenters. The average Bonchev–Trinajstić information content (AvgIpc) is 2.77. The SMILES string of the molecule is COCCn1nc(C)c(CNC(=O)c2cc(Cl)ccn2)c1C. The van der Waals surface area contributed by atoms with Crippen LogP contribution < -0.4 is 5.32 Å². The zero-order chi connectivity index (χ0) is 16.1. The van der Waals surface area contributed by atoms with Crippen LogP contribution in [0.2, 0.25) is 5.02 Å². The number of hydrogen-bond acceptors (Lipinski definition) is 4. The molecule has 0 spiro atoms. The quantitative estimate of drug-likeness (QED) is 0.884. The Morgan fingerprint density at radius 2 is 2.23 bits per heavy atom. The van der Waals surface area contributed by atoms with Crippen LogP contribution in [0.25, 0.3) is 0 Å². The fourth-order valence-electron chi connectivity index (χ4n) is 2.17. The van der Waals surface area contributed by atoms with Crippen LogP contribution in [0.1, 0.15) is 27.4 Å². The summed E-state index contributed by atoms with van der Waals surface area (Å²) in [6.45, 7) is 5.59. The number of pyridine rings is 1. The first-order valence-corrected chi connectivity index (χ1v) is 7.32. The van der Waals surface area contributed by atoms with Crippen LogP contribution in [0.15, 0.2) is 18.3 Å². The second kappa shape index (κ2) is 7.38. The van der Waals surface area contributed by atoms with Gasteiger partial charge in [0.1, 0.15) is 5.69 Å². The van der Waals surface area contributed by atoms with Gasteiger partial charge in [-0.25, -0.2) is 0 Å². The van der Waals surface area contributed by atoms with Crippen LogP contribution in [-0.2, 0) is 17.8 Å². The van der Waals surface area contributed by atoms with Gasteiger partial charge in [-0.1, -0.05) is 11.6 Å². The van der Waals surface area contributed by atoms with E-state index in [2.05, 4.69) is 15.4 Å². The minimum absolute atomic E-state index is 0.258. The Morgan fingerprint density at radius 3 is 2.91 bits per heavy atom. The highest BCUT2D eigenvalue weighted by molar-refractivity contribution is 6.30. The Balaban J connectivity index is 2.05. The second-order valence-electron chi connectivity index (χ2n) is 4.91. The van der Waals surface area contributed by atoms with Crippen LogP contribution >= 0.6 is 11.6 Å². The first kappa shape index (κ1) is 16.5. The summed E-state index contributed by atoms with van der Waals surface area (Å²) in [6, 6.07) is 3.17. The summed E-state index contributed by atoms with van der Waals surface area (Å²) >= 11 is 5.86. The van der Waals surface area contributed by atoms with Crippen LogP contribution in [0, 0.1) is 13.8 Å². The van der Waals surface area contributed by atoms with Crippen molar-refractivity contribution >= 4 is 17.5 Å². The molecule has 0 aliphatic carbocycles. The number of aryl methyl sites for hydroxylation is 1. The fourth-order valence-corrected chi connectivity index (χ4v) is 2.33. The summed E-state index contributed by atoms with van der Waals surface area (Å²) < 4.78 is 6.95. The van der Waals surface area contributed by atoms with Crippen LogP contribution in [-0.4, -0.2) is 34.4 Å². The number of carbonyl (C=O) groups excluding carboxylic acids is 1. The molecule has 1 N–H and O–H groups in total. The number of rotatable bonds is 6. The second-order valence-corrected chi connectivity index (χ2v) is 5.34. The van der Waals surface area contributed by atoms with E-state index in [1.54, 1.807) is 19.2 Å². The van der Waals surface area contributed by atoms with Gasteiger partial charge >= 0.3 is 0 Å². The van der Waals surface area contributed by atoms with Gasteiger partial charge in [0.2, 0.25) is 0 Å². The average molecular weight is 323 g/mol.